The molecule has 72 valence electrons. The third-order valence-corrected chi connectivity index (χ3v) is 1.34. The minimum absolute atomic E-state index is 0.406. The normalized spacial score (nSPS) is 16.0. The van der Waals surface area contributed by atoms with E-state index in [0.29, 0.717) is 13.8 Å². The minimum Gasteiger partial charge on any atom is -0.212 e. The van der Waals surface area contributed by atoms with E-state index in [0.717, 1.165) is 0 Å². The SMILES string of the molecule is CC(F)=C(C)C(F)(F)C(F)(F)F. The highest BCUT2D eigenvalue weighted by Crippen LogP contribution is 2.41. The molecule has 6 heteroatoms. The van der Waals surface area contributed by atoms with Crippen molar-refractivity contribution >= 4 is 0 Å². The summed E-state index contributed by atoms with van der Waals surface area (Å²) in [4.78, 5) is 0. The number of alkyl halides is 5. The Morgan fingerprint density at radius 3 is 1.33 bits per heavy atom. The van der Waals surface area contributed by atoms with Crippen molar-refractivity contribution in [2.45, 2.75) is 25.9 Å². The van der Waals surface area contributed by atoms with Crippen LogP contribution in [0.3, 0.4) is 0 Å². The molecule has 0 aromatic carbocycles. The van der Waals surface area contributed by atoms with Crippen LogP contribution in [0, 0.1) is 0 Å². The summed E-state index contributed by atoms with van der Waals surface area (Å²) >= 11 is 0. The lowest BCUT2D eigenvalue weighted by molar-refractivity contribution is -0.264. The molecule has 0 unspecified atom stereocenters. The quantitative estimate of drug-likeness (QED) is 0.558. The molecule has 0 aromatic heterocycles. The zero-order chi connectivity index (χ0) is 10.2. The second kappa shape index (κ2) is 2.99. The van der Waals surface area contributed by atoms with Gasteiger partial charge in [0.2, 0.25) is 0 Å². The molecule has 0 fully saturated rings. The Hall–Kier alpha value is -0.680. The molecular weight excluding hydrogens is 186 g/mol. The van der Waals surface area contributed by atoms with Gasteiger partial charge in [-0.2, -0.15) is 22.0 Å². The molecule has 0 aliphatic carbocycles. The van der Waals surface area contributed by atoms with Gasteiger partial charge in [-0.25, -0.2) is 4.39 Å². The van der Waals surface area contributed by atoms with Crippen molar-refractivity contribution in [3.8, 4) is 0 Å². The third kappa shape index (κ3) is 1.92. The van der Waals surface area contributed by atoms with Gasteiger partial charge in [0.25, 0.3) is 0 Å². The summed E-state index contributed by atoms with van der Waals surface area (Å²) in [5.74, 6) is -6.59. The van der Waals surface area contributed by atoms with Gasteiger partial charge in [-0.15, -0.1) is 0 Å². The van der Waals surface area contributed by atoms with Crippen LogP contribution < -0.4 is 0 Å². The first-order valence-corrected chi connectivity index (χ1v) is 2.88. The maximum absolute atomic E-state index is 12.2. The van der Waals surface area contributed by atoms with Crippen LogP contribution in [0.1, 0.15) is 13.8 Å². The van der Waals surface area contributed by atoms with Crippen molar-refractivity contribution < 1.29 is 26.3 Å². The number of halogens is 6. The van der Waals surface area contributed by atoms with Gasteiger partial charge in [-0.3, -0.25) is 0 Å². The molecule has 0 aliphatic heterocycles. The van der Waals surface area contributed by atoms with Crippen molar-refractivity contribution in [3.05, 3.63) is 11.4 Å². The molecule has 0 aromatic rings. The fourth-order valence-corrected chi connectivity index (χ4v) is 0.429. The molecular formula is C6H6F6. The third-order valence-electron chi connectivity index (χ3n) is 1.34. The average Bonchev–Trinajstić information content (AvgIpc) is 1.83. The lowest BCUT2D eigenvalue weighted by Gasteiger charge is -2.20. The van der Waals surface area contributed by atoms with Gasteiger partial charge >= 0.3 is 12.1 Å². The molecule has 0 aliphatic rings. The Bertz CT molecular complexity index is 195. The summed E-state index contributed by atoms with van der Waals surface area (Å²) in [5.41, 5.74) is -1.60. The van der Waals surface area contributed by atoms with Crippen molar-refractivity contribution in [1.82, 2.24) is 0 Å². The van der Waals surface area contributed by atoms with Crippen molar-refractivity contribution in [1.29, 1.82) is 0 Å². The predicted octanol–water partition coefficient (Wildman–Crippen LogP) is 3.45. The summed E-state index contributed by atoms with van der Waals surface area (Å²) in [6.07, 6.45) is -5.73. The fraction of sp³-hybridized carbons (Fsp3) is 0.667. The van der Waals surface area contributed by atoms with Gasteiger partial charge in [0.1, 0.15) is 5.83 Å². The topological polar surface area (TPSA) is 0 Å². The van der Waals surface area contributed by atoms with E-state index in [9.17, 15) is 26.3 Å². The first-order valence-electron chi connectivity index (χ1n) is 2.88. The Kier molecular flexibility index (Phi) is 2.82. The van der Waals surface area contributed by atoms with E-state index >= 15 is 0 Å². The molecule has 0 rings (SSSR count). The highest BCUT2D eigenvalue weighted by Gasteiger charge is 2.59. The molecule has 0 saturated carbocycles. The van der Waals surface area contributed by atoms with Crippen LogP contribution >= 0.6 is 0 Å². The van der Waals surface area contributed by atoms with Crippen LogP contribution in [0.5, 0.6) is 0 Å². The maximum atomic E-state index is 12.2. The number of rotatable bonds is 1. The molecule has 0 N–H and O–H groups in total. The highest BCUT2D eigenvalue weighted by atomic mass is 19.4. The first kappa shape index (κ1) is 11.3. The van der Waals surface area contributed by atoms with Gasteiger partial charge in [-0.05, 0) is 13.8 Å². The molecule has 0 spiro atoms. The summed E-state index contributed by atoms with van der Waals surface area (Å²) in [5, 5.41) is 0. The lowest BCUT2D eigenvalue weighted by Crippen LogP contribution is -2.37. The van der Waals surface area contributed by atoms with Gasteiger partial charge < -0.3 is 0 Å². The van der Waals surface area contributed by atoms with Gasteiger partial charge in [-0.1, -0.05) is 0 Å². The zero-order valence-corrected chi connectivity index (χ0v) is 6.27. The maximum Gasteiger partial charge on any atom is 0.457 e. The second-order valence-electron chi connectivity index (χ2n) is 2.23. The Morgan fingerprint density at radius 1 is 0.917 bits per heavy atom. The zero-order valence-electron chi connectivity index (χ0n) is 6.27. The van der Waals surface area contributed by atoms with Crippen LogP contribution in [-0.2, 0) is 0 Å². The molecule has 0 bridgehead atoms. The molecule has 0 heterocycles. The van der Waals surface area contributed by atoms with E-state index in [1.54, 1.807) is 0 Å². The average molecular weight is 192 g/mol. The van der Waals surface area contributed by atoms with Crippen LogP contribution in [-0.4, -0.2) is 12.1 Å². The molecule has 0 atom stereocenters. The largest absolute Gasteiger partial charge is 0.457 e. The fourth-order valence-electron chi connectivity index (χ4n) is 0.429. The first-order chi connectivity index (χ1) is 5.10. The van der Waals surface area contributed by atoms with E-state index in [1.807, 2.05) is 0 Å². The number of allylic oxidation sites excluding steroid dienone is 2. The number of hydrogen-bond donors (Lipinski definition) is 0. The van der Waals surface area contributed by atoms with Crippen LogP contribution in [0.2, 0.25) is 0 Å². The van der Waals surface area contributed by atoms with Crippen molar-refractivity contribution in [2.24, 2.45) is 0 Å². The smallest absolute Gasteiger partial charge is 0.212 e. The van der Waals surface area contributed by atoms with Crippen LogP contribution in [0.25, 0.3) is 0 Å². The lowest BCUT2D eigenvalue weighted by atomic mass is 10.1. The second-order valence-corrected chi connectivity index (χ2v) is 2.23. The number of hydrogen-bond acceptors (Lipinski definition) is 0. The van der Waals surface area contributed by atoms with E-state index in [-0.39, 0.29) is 0 Å². The Morgan fingerprint density at radius 2 is 1.25 bits per heavy atom. The van der Waals surface area contributed by atoms with Gasteiger partial charge in [0.15, 0.2) is 0 Å². The molecule has 0 amide bonds. The monoisotopic (exact) mass is 192 g/mol. The summed E-state index contributed by atoms with van der Waals surface area (Å²) in [6, 6.07) is 0. The van der Waals surface area contributed by atoms with Gasteiger partial charge in [0.05, 0.1) is 0 Å². The highest BCUT2D eigenvalue weighted by molar-refractivity contribution is 5.15. The summed E-state index contributed by atoms with van der Waals surface area (Å²) in [7, 11) is 0. The predicted molar refractivity (Wildman–Crippen MR) is 30.5 cm³/mol. The Balaban J connectivity index is 5.01. The molecule has 0 nitrogen and oxygen atoms in total. The van der Waals surface area contributed by atoms with Crippen molar-refractivity contribution in [3.63, 3.8) is 0 Å². The van der Waals surface area contributed by atoms with Crippen LogP contribution in [0.15, 0.2) is 11.4 Å². The molecule has 12 heavy (non-hydrogen) atoms. The Labute approximate surface area is 64.9 Å². The van der Waals surface area contributed by atoms with E-state index in [4.69, 9.17) is 0 Å². The van der Waals surface area contributed by atoms with E-state index in [1.165, 1.54) is 0 Å². The van der Waals surface area contributed by atoms with E-state index in [2.05, 4.69) is 0 Å². The molecule has 0 saturated heterocycles. The molecule has 0 radical (unpaired) electrons. The van der Waals surface area contributed by atoms with Crippen molar-refractivity contribution in [2.75, 3.05) is 0 Å². The van der Waals surface area contributed by atoms with Crippen LogP contribution in [0.4, 0.5) is 26.3 Å². The van der Waals surface area contributed by atoms with E-state index < -0.39 is 23.5 Å². The minimum atomic E-state index is -5.73. The summed E-state index contributed by atoms with van der Waals surface area (Å²) < 4.78 is 70.8. The standard InChI is InChI=1S/C6H6F6/c1-3(4(2)7)5(8,9)6(10,11)12/h1-2H3. The van der Waals surface area contributed by atoms with Gasteiger partial charge in [0, 0.05) is 5.57 Å². The summed E-state index contributed by atoms with van der Waals surface area (Å²) in [6.45, 7) is 0.956.